The fraction of sp³-hybridized carbons (Fsp3) is 0.133. The standard InChI is InChI=1S/C15H12F2N2S/c1-10-5-4-6-11(9-18)14(10)19-12-7-2-3-8-13(12)20-15(16)17/h2-8,15,19H,1H3. The third-order valence-electron chi connectivity index (χ3n) is 2.76. The molecule has 2 nitrogen and oxygen atoms in total. The number of anilines is 2. The number of rotatable bonds is 4. The van der Waals surface area contributed by atoms with E-state index < -0.39 is 5.76 Å². The number of hydrogen-bond donors (Lipinski definition) is 1. The molecule has 0 saturated carbocycles. The van der Waals surface area contributed by atoms with Crippen LogP contribution in [0.15, 0.2) is 47.4 Å². The molecule has 0 amide bonds. The van der Waals surface area contributed by atoms with E-state index >= 15 is 0 Å². The van der Waals surface area contributed by atoms with Gasteiger partial charge in [-0.2, -0.15) is 14.0 Å². The molecule has 0 aliphatic rings. The van der Waals surface area contributed by atoms with E-state index in [1.807, 2.05) is 13.0 Å². The number of aryl methyl sites for hydroxylation is 1. The zero-order valence-electron chi connectivity index (χ0n) is 10.7. The summed E-state index contributed by atoms with van der Waals surface area (Å²) >= 11 is 0.485. The van der Waals surface area contributed by atoms with E-state index in [1.54, 1.807) is 36.4 Å². The Balaban J connectivity index is 2.38. The van der Waals surface area contributed by atoms with Crippen molar-refractivity contribution in [1.82, 2.24) is 0 Å². The van der Waals surface area contributed by atoms with Crippen molar-refractivity contribution in [2.45, 2.75) is 17.6 Å². The average Bonchev–Trinajstić information content (AvgIpc) is 2.42. The first-order chi connectivity index (χ1) is 9.61. The van der Waals surface area contributed by atoms with Gasteiger partial charge in [0.05, 0.1) is 16.9 Å². The zero-order chi connectivity index (χ0) is 14.5. The summed E-state index contributed by atoms with van der Waals surface area (Å²) in [5.74, 6) is -2.48. The second kappa shape index (κ2) is 6.40. The first-order valence-electron chi connectivity index (χ1n) is 5.92. The van der Waals surface area contributed by atoms with Gasteiger partial charge in [0.2, 0.25) is 0 Å². The van der Waals surface area contributed by atoms with E-state index in [1.165, 1.54) is 0 Å². The highest BCUT2D eigenvalue weighted by atomic mass is 32.2. The summed E-state index contributed by atoms with van der Waals surface area (Å²) in [6, 6.07) is 14.3. The second-order valence-electron chi connectivity index (χ2n) is 4.11. The third-order valence-corrected chi connectivity index (χ3v) is 3.54. The number of benzene rings is 2. The van der Waals surface area contributed by atoms with Crippen LogP contribution in [-0.4, -0.2) is 5.76 Å². The molecular formula is C15H12F2N2S. The average molecular weight is 290 g/mol. The molecule has 0 aliphatic heterocycles. The minimum atomic E-state index is -2.48. The predicted molar refractivity (Wildman–Crippen MR) is 77.5 cm³/mol. The molecule has 0 bridgehead atoms. The Morgan fingerprint density at radius 3 is 2.60 bits per heavy atom. The van der Waals surface area contributed by atoms with Gasteiger partial charge in [-0.1, -0.05) is 36.0 Å². The lowest BCUT2D eigenvalue weighted by Gasteiger charge is -2.14. The summed E-state index contributed by atoms with van der Waals surface area (Å²) in [6.45, 7) is 1.87. The largest absolute Gasteiger partial charge is 0.353 e. The monoisotopic (exact) mass is 290 g/mol. The van der Waals surface area contributed by atoms with Crippen molar-refractivity contribution in [3.63, 3.8) is 0 Å². The fourth-order valence-electron chi connectivity index (χ4n) is 1.83. The van der Waals surface area contributed by atoms with Crippen molar-refractivity contribution >= 4 is 23.1 Å². The molecule has 0 spiro atoms. The van der Waals surface area contributed by atoms with E-state index in [4.69, 9.17) is 5.26 Å². The van der Waals surface area contributed by atoms with Crippen molar-refractivity contribution in [3.8, 4) is 6.07 Å². The maximum atomic E-state index is 12.5. The van der Waals surface area contributed by atoms with Crippen LogP contribution < -0.4 is 5.32 Å². The normalized spacial score (nSPS) is 10.3. The van der Waals surface area contributed by atoms with Crippen molar-refractivity contribution < 1.29 is 8.78 Å². The van der Waals surface area contributed by atoms with Crippen LogP contribution in [0.25, 0.3) is 0 Å². The summed E-state index contributed by atoms with van der Waals surface area (Å²) < 4.78 is 25.1. The lowest BCUT2D eigenvalue weighted by atomic mass is 10.1. The Labute approximate surface area is 120 Å². The van der Waals surface area contributed by atoms with Crippen LogP contribution >= 0.6 is 11.8 Å². The predicted octanol–water partition coefficient (Wildman–Crippen LogP) is 4.93. The molecule has 0 radical (unpaired) electrons. The highest BCUT2D eigenvalue weighted by Crippen LogP contribution is 2.34. The van der Waals surface area contributed by atoms with Gasteiger partial charge in [-0.05, 0) is 30.7 Å². The maximum Gasteiger partial charge on any atom is 0.288 e. The van der Waals surface area contributed by atoms with Crippen LogP contribution in [0.5, 0.6) is 0 Å². The number of nitriles is 1. The maximum absolute atomic E-state index is 12.5. The molecule has 102 valence electrons. The lowest BCUT2D eigenvalue weighted by molar-refractivity contribution is 0.252. The van der Waals surface area contributed by atoms with Gasteiger partial charge < -0.3 is 5.32 Å². The van der Waals surface area contributed by atoms with Crippen LogP contribution in [0.2, 0.25) is 0 Å². The Morgan fingerprint density at radius 1 is 1.15 bits per heavy atom. The second-order valence-corrected chi connectivity index (χ2v) is 5.14. The fourth-order valence-corrected chi connectivity index (χ4v) is 2.43. The van der Waals surface area contributed by atoms with Gasteiger partial charge in [0, 0.05) is 4.90 Å². The topological polar surface area (TPSA) is 35.8 Å². The summed E-state index contributed by atoms with van der Waals surface area (Å²) in [6.07, 6.45) is 0. The summed E-state index contributed by atoms with van der Waals surface area (Å²) in [5, 5.41) is 12.2. The highest BCUT2D eigenvalue weighted by Gasteiger charge is 2.12. The van der Waals surface area contributed by atoms with Gasteiger partial charge in [-0.3, -0.25) is 0 Å². The number of halogens is 2. The molecular weight excluding hydrogens is 278 g/mol. The highest BCUT2D eigenvalue weighted by molar-refractivity contribution is 7.99. The van der Waals surface area contributed by atoms with Crippen molar-refractivity contribution in [2.24, 2.45) is 0 Å². The Morgan fingerprint density at radius 2 is 1.90 bits per heavy atom. The van der Waals surface area contributed by atoms with E-state index in [-0.39, 0.29) is 0 Å². The smallest absolute Gasteiger partial charge is 0.288 e. The van der Waals surface area contributed by atoms with Crippen LogP contribution in [-0.2, 0) is 0 Å². The number of alkyl halides is 2. The Bertz CT molecular complexity index is 651. The van der Waals surface area contributed by atoms with E-state index in [2.05, 4.69) is 11.4 Å². The number of nitrogens with zero attached hydrogens (tertiary/aromatic N) is 1. The summed E-state index contributed by atoms with van der Waals surface area (Å²) in [7, 11) is 0. The molecule has 1 N–H and O–H groups in total. The molecule has 2 aromatic rings. The van der Waals surface area contributed by atoms with Crippen molar-refractivity contribution in [1.29, 1.82) is 5.26 Å². The van der Waals surface area contributed by atoms with Gasteiger partial charge in [0.25, 0.3) is 5.76 Å². The minimum absolute atomic E-state index is 0.453. The number of para-hydroxylation sites is 2. The SMILES string of the molecule is Cc1cccc(C#N)c1Nc1ccccc1SC(F)F. The molecule has 5 heteroatoms. The van der Waals surface area contributed by atoms with Gasteiger partial charge in [-0.15, -0.1) is 0 Å². The van der Waals surface area contributed by atoms with Gasteiger partial charge in [0.1, 0.15) is 6.07 Å². The van der Waals surface area contributed by atoms with Crippen LogP contribution in [0.4, 0.5) is 20.2 Å². The molecule has 0 unspecified atom stereocenters. The van der Waals surface area contributed by atoms with Crippen molar-refractivity contribution in [2.75, 3.05) is 5.32 Å². The first kappa shape index (κ1) is 14.4. The molecule has 0 aliphatic carbocycles. The lowest BCUT2D eigenvalue weighted by Crippen LogP contribution is -1.98. The van der Waals surface area contributed by atoms with Crippen LogP contribution in [0.3, 0.4) is 0 Å². The van der Waals surface area contributed by atoms with Gasteiger partial charge in [0.15, 0.2) is 0 Å². The Kier molecular flexibility index (Phi) is 4.59. The molecule has 2 aromatic carbocycles. The molecule has 0 saturated heterocycles. The number of thioether (sulfide) groups is 1. The van der Waals surface area contributed by atoms with Gasteiger partial charge in [-0.25, -0.2) is 0 Å². The quantitative estimate of drug-likeness (QED) is 0.811. The summed E-state index contributed by atoms with van der Waals surface area (Å²) in [4.78, 5) is 0.453. The minimum Gasteiger partial charge on any atom is -0.353 e. The van der Waals surface area contributed by atoms with Crippen molar-refractivity contribution in [3.05, 3.63) is 53.6 Å². The zero-order valence-corrected chi connectivity index (χ0v) is 11.5. The molecule has 0 aromatic heterocycles. The molecule has 0 heterocycles. The number of hydrogen-bond acceptors (Lipinski definition) is 3. The molecule has 0 fully saturated rings. The number of nitrogens with one attached hydrogen (secondary N) is 1. The third kappa shape index (κ3) is 3.28. The van der Waals surface area contributed by atoms with Crippen LogP contribution in [0, 0.1) is 18.3 Å². The first-order valence-corrected chi connectivity index (χ1v) is 6.80. The van der Waals surface area contributed by atoms with E-state index in [0.717, 1.165) is 5.56 Å². The Hall–Kier alpha value is -2.06. The van der Waals surface area contributed by atoms with Gasteiger partial charge >= 0.3 is 0 Å². The van der Waals surface area contributed by atoms with Crippen LogP contribution in [0.1, 0.15) is 11.1 Å². The molecule has 20 heavy (non-hydrogen) atoms. The summed E-state index contributed by atoms with van der Waals surface area (Å²) in [5.41, 5.74) is 2.60. The molecule has 0 atom stereocenters. The van der Waals surface area contributed by atoms with E-state index in [9.17, 15) is 8.78 Å². The van der Waals surface area contributed by atoms with E-state index in [0.29, 0.717) is 33.6 Å². The molecule has 2 rings (SSSR count).